The van der Waals surface area contributed by atoms with Gasteiger partial charge in [-0.3, -0.25) is 14.2 Å². The number of aliphatic hydroxyl groups excluding tert-OH is 1. The highest BCUT2D eigenvalue weighted by molar-refractivity contribution is 8.13. The molecule has 0 unspecified atom stereocenters. The summed E-state index contributed by atoms with van der Waals surface area (Å²) in [5.41, 5.74) is 1.32. The lowest BCUT2D eigenvalue weighted by Gasteiger charge is -2.13. The highest BCUT2D eigenvalue weighted by atomic mass is 35.7. The molecule has 9 nitrogen and oxygen atoms in total. The number of aliphatic hydroxyl groups is 1. The molecule has 2 aromatic heterocycles. The van der Waals surface area contributed by atoms with Crippen LogP contribution in [-0.4, -0.2) is 69.0 Å². The minimum atomic E-state index is -3.36. The fourth-order valence-corrected chi connectivity index (χ4v) is 2.15. The molecule has 0 aliphatic heterocycles. The van der Waals surface area contributed by atoms with Gasteiger partial charge >= 0.3 is 0 Å². The van der Waals surface area contributed by atoms with Crippen molar-refractivity contribution in [1.82, 2.24) is 14.9 Å². The predicted octanol–water partition coefficient (Wildman–Crippen LogP) is 2.66. The Morgan fingerprint density at radius 3 is 1.50 bits per heavy atom. The fourth-order valence-electron chi connectivity index (χ4n) is 1.81. The van der Waals surface area contributed by atoms with Crippen LogP contribution in [0.1, 0.15) is 32.2 Å². The van der Waals surface area contributed by atoms with E-state index in [1.54, 1.807) is 36.7 Å². The number of nitrogens with zero attached hydrogens (tertiary/aromatic N) is 3. The Morgan fingerprint density at radius 1 is 0.875 bits per heavy atom. The van der Waals surface area contributed by atoms with Gasteiger partial charge in [0.15, 0.2) is 0 Å². The second-order valence-electron chi connectivity index (χ2n) is 6.07. The summed E-state index contributed by atoms with van der Waals surface area (Å²) in [7, 11) is -2.05. The van der Waals surface area contributed by atoms with E-state index in [0.29, 0.717) is 11.4 Å². The third-order valence-corrected chi connectivity index (χ3v) is 3.92. The zero-order valence-corrected chi connectivity index (χ0v) is 21.6. The molecule has 0 aliphatic rings. The molecule has 0 fully saturated rings. The second-order valence-corrected chi connectivity index (χ2v) is 10.8. The van der Waals surface area contributed by atoms with Crippen molar-refractivity contribution in [2.24, 2.45) is 0 Å². The summed E-state index contributed by atoms with van der Waals surface area (Å²) in [5.74, 6) is 0. The van der Waals surface area contributed by atoms with Crippen LogP contribution in [0.2, 0.25) is 0 Å². The Balaban J connectivity index is 0. The zero-order valence-electron chi connectivity index (χ0n) is 19.2. The summed E-state index contributed by atoms with van der Waals surface area (Å²) in [4.78, 5) is 10.1. The van der Waals surface area contributed by atoms with Crippen LogP contribution in [0.5, 0.6) is 0 Å². The molecule has 0 amide bonds. The van der Waals surface area contributed by atoms with E-state index < -0.39 is 19.2 Å². The molecule has 0 aliphatic carbocycles. The molecule has 2 rings (SSSR count). The van der Waals surface area contributed by atoms with Crippen LogP contribution in [0.3, 0.4) is 0 Å². The molecule has 0 bridgehead atoms. The molecule has 0 saturated carbocycles. The third-order valence-electron chi connectivity index (χ3n) is 3.38. The largest absolute Gasteiger partial charge is 0.390 e. The first-order chi connectivity index (χ1) is 14.9. The zero-order chi connectivity index (χ0) is 25.0. The van der Waals surface area contributed by atoms with Gasteiger partial charge < -0.3 is 10.0 Å². The van der Waals surface area contributed by atoms with Crippen molar-refractivity contribution in [1.29, 1.82) is 0 Å². The molecule has 2 aromatic rings. The SMILES string of the molecule is CCN(CC)CC.CS(=O)(=O)Cl.CS(=O)(=O)OCc1ccccn1.OCc1ccccn1. The topological polar surface area (TPSA) is 127 Å². The molecule has 2 heterocycles. The van der Waals surface area contributed by atoms with Gasteiger partial charge in [-0.2, -0.15) is 8.42 Å². The van der Waals surface area contributed by atoms with Crippen molar-refractivity contribution in [3.8, 4) is 0 Å². The van der Waals surface area contributed by atoms with Crippen LogP contribution in [0.25, 0.3) is 0 Å². The van der Waals surface area contributed by atoms with Crippen molar-refractivity contribution in [3.63, 3.8) is 0 Å². The van der Waals surface area contributed by atoms with Crippen molar-refractivity contribution in [3.05, 3.63) is 60.2 Å². The quantitative estimate of drug-likeness (QED) is 0.440. The minimum absolute atomic E-state index is 0.000324. The number of halogens is 1. The van der Waals surface area contributed by atoms with Crippen LogP contribution in [0, 0.1) is 0 Å². The van der Waals surface area contributed by atoms with Gasteiger partial charge in [0.2, 0.25) is 9.05 Å². The molecule has 0 radical (unpaired) electrons. The highest BCUT2D eigenvalue weighted by Gasteiger charge is 2.01. The second kappa shape index (κ2) is 18.9. The van der Waals surface area contributed by atoms with Gasteiger partial charge in [-0.25, -0.2) is 8.42 Å². The molecular weight excluding hydrogens is 478 g/mol. The standard InChI is InChI=1S/C7H9NO3S.C6H7NO.C6H15N.CH3ClO2S/c1-12(9,10)11-6-7-4-2-3-5-8-7;8-5-6-3-1-2-4-7-6;1-4-7(5-2)6-3;1-5(2,3)4/h2-5H,6H2,1H3;1-4,8H,5H2;4-6H2,1-3H3;1H3. The molecule has 0 atom stereocenters. The molecule has 0 spiro atoms. The Bertz CT molecular complexity index is 882. The Morgan fingerprint density at radius 2 is 1.28 bits per heavy atom. The van der Waals surface area contributed by atoms with E-state index in [2.05, 4.69) is 50.5 Å². The molecule has 0 aromatic carbocycles. The maximum absolute atomic E-state index is 10.6. The molecule has 0 saturated heterocycles. The summed E-state index contributed by atoms with van der Waals surface area (Å²) < 4.78 is 44.4. The number of hydrogen-bond donors (Lipinski definition) is 1. The average molecular weight is 512 g/mol. The van der Waals surface area contributed by atoms with Crippen LogP contribution in [0.4, 0.5) is 0 Å². The van der Waals surface area contributed by atoms with Gasteiger partial charge in [-0.05, 0) is 43.9 Å². The lowest BCUT2D eigenvalue weighted by Crippen LogP contribution is -2.21. The number of hydrogen-bond acceptors (Lipinski definition) is 9. The molecule has 184 valence electrons. The van der Waals surface area contributed by atoms with Gasteiger partial charge in [0.05, 0.1) is 30.5 Å². The van der Waals surface area contributed by atoms with Crippen LogP contribution in [0.15, 0.2) is 48.8 Å². The lowest BCUT2D eigenvalue weighted by atomic mass is 10.4. The molecule has 1 N–H and O–H groups in total. The van der Waals surface area contributed by atoms with Crippen molar-refractivity contribution >= 4 is 29.9 Å². The molecule has 32 heavy (non-hydrogen) atoms. The number of rotatable bonds is 7. The first kappa shape index (κ1) is 32.5. The van der Waals surface area contributed by atoms with E-state index >= 15 is 0 Å². The van der Waals surface area contributed by atoms with E-state index in [1.165, 1.54) is 19.6 Å². The predicted molar refractivity (Wildman–Crippen MR) is 128 cm³/mol. The van der Waals surface area contributed by atoms with Gasteiger partial charge in [0, 0.05) is 23.1 Å². The smallest absolute Gasteiger partial charge is 0.264 e. The van der Waals surface area contributed by atoms with Crippen LogP contribution in [-0.2, 0) is 36.6 Å². The number of pyridine rings is 2. The molecular formula is C20H34ClN3O6S2. The van der Waals surface area contributed by atoms with E-state index in [9.17, 15) is 16.8 Å². The summed E-state index contributed by atoms with van der Waals surface area (Å²) in [6.45, 7) is 10.2. The highest BCUT2D eigenvalue weighted by Crippen LogP contribution is 1.98. The Kier molecular flexibility index (Phi) is 19.2. The first-order valence-corrected chi connectivity index (χ1v) is 14.3. The van der Waals surface area contributed by atoms with E-state index in [4.69, 9.17) is 5.11 Å². The van der Waals surface area contributed by atoms with Gasteiger partial charge in [0.25, 0.3) is 10.1 Å². The van der Waals surface area contributed by atoms with Crippen LogP contribution < -0.4 is 0 Å². The van der Waals surface area contributed by atoms with Gasteiger partial charge in [0.1, 0.15) is 6.61 Å². The fraction of sp³-hybridized carbons (Fsp3) is 0.500. The summed E-state index contributed by atoms with van der Waals surface area (Å²) in [5, 5.41) is 8.48. The average Bonchev–Trinajstić information content (AvgIpc) is 2.74. The maximum atomic E-state index is 10.6. The third kappa shape index (κ3) is 26.4. The number of aromatic nitrogens is 2. The Hall–Kier alpha value is -1.63. The Labute approximate surface area is 197 Å². The van der Waals surface area contributed by atoms with Gasteiger partial charge in [-0.1, -0.05) is 32.9 Å². The van der Waals surface area contributed by atoms with E-state index in [1.807, 2.05) is 12.1 Å². The first-order valence-electron chi connectivity index (χ1n) is 9.73. The summed E-state index contributed by atoms with van der Waals surface area (Å²) in [6, 6.07) is 10.7. The minimum Gasteiger partial charge on any atom is -0.390 e. The van der Waals surface area contributed by atoms with Crippen LogP contribution >= 0.6 is 10.7 Å². The van der Waals surface area contributed by atoms with Crippen molar-refractivity contribution in [2.45, 2.75) is 34.0 Å². The summed E-state index contributed by atoms with van der Waals surface area (Å²) >= 11 is 0. The summed E-state index contributed by atoms with van der Waals surface area (Å²) in [6.07, 6.45) is 5.18. The van der Waals surface area contributed by atoms with E-state index in [0.717, 1.165) is 12.5 Å². The monoisotopic (exact) mass is 511 g/mol. The molecule has 12 heteroatoms. The maximum Gasteiger partial charge on any atom is 0.264 e. The lowest BCUT2D eigenvalue weighted by molar-refractivity contribution is 0.277. The van der Waals surface area contributed by atoms with Crippen molar-refractivity contribution < 1.29 is 26.1 Å². The van der Waals surface area contributed by atoms with Gasteiger partial charge in [-0.15, -0.1) is 0 Å². The normalized spacial score (nSPS) is 10.6. The van der Waals surface area contributed by atoms with E-state index in [-0.39, 0.29) is 13.2 Å². The van der Waals surface area contributed by atoms with Crippen molar-refractivity contribution in [2.75, 3.05) is 32.1 Å².